The highest BCUT2D eigenvalue weighted by Crippen LogP contribution is 2.29. The summed E-state index contributed by atoms with van der Waals surface area (Å²) in [5.41, 5.74) is 0.229. The van der Waals surface area contributed by atoms with Crippen molar-refractivity contribution in [2.45, 2.75) is 12.8 Å². The van der Waals surface area contributed by atoms with Gasteiger partial charge in [0.05, 0.1) is 0 Å². The van der Waals surface area contributed by atoms with Crippen LogP contribution in [0.15, 0.2) is 12.1 Å². The van der Waals surface area contributed by atoms with Crippen LogP contribution in [0, 0.1) is 5.92 Å². The summed E-state index contributed by atoms with van der Waals surface area (Å²) in [6.07, 6.45) is 1.88. The smallest absolute Gasteiger partial charge is 0.271 e. The third-order valence-electron chi connectivity index (χ3n) is 2.32. The quantitative estimate of drug-likeness (QED) is 0.761. The third-order valence-corrected chi connectivity index (χ3v) is 2.32. The van der Waals surface area contributed by atoms with Gasteiger partial charge in [-0.1, -0.05) is 0 Å². The van der Waals surface area contributed by atoms with Crippen LogP contribution in [0.4, 0.5) is 5.82 Å². The molecule has 1 fully saturated rings. The van der Waals surface area contributed by atoms with Crippen LogP contribution >= 0.6 is 0 Å². The van der Waals surface area contributed by atoms with Gasteiger partial charge >= 0.3 is 0 Å². The van der Waals surface area contributed by atoms with Crippen molar-refractivity contribution in [2.24, 2.45) is 5.92 Å². The predicted molar refractivity (Wildman–Crippen MR) is 56.8 cm³/mol. The molecule has 84 valence electrons. The fourth-order valence-corrected chi connectivity index (χ4v) is 1.22. The molecule has 16 heavy (non-hydrogen) atoms. The topological polar surface area (TPSA) is 84.0 Å². The van der Waals surface area contributed by atoms with Crippen LogP contribution < -0.4 is 10.6 Å². The van der Waals surface area contributed by atoms with E-state index in [-0.39, 0.29) is 23.4 Å². The first-order valence-electron chi connectivity index (χ1n) is 5.07. The normalized spacial score (nSPS) is 14.3. The Morgan fingerprint density at radius 2 is 2.06 bits per heavy atom. The summed E-state index contributed by atoms with van der Waals surface area (Å²) in [6, 6.07) is 3.09. The molecule has 1 aliphatic carbocycles. The van der Waals surface area contributed by atoms with Crippen LogP contribution in [0.1, 0.15) is 23.3 Å². The Morgan fingerprint density at radius 3 is 2.56 bits per heavy atom. The van der Waals surface area contributed by atoms with Crippen molar-refractivity contribution in [3.8, 4) is 0 Å². The van der Waals surface area contributed by atoms with Crippen molar-refractivity contribution < 1.29 is 9.59 Å². The molecule has 6 nitrogen and oxygen atoms in total. The SMILES string of the molecule is CNC(=O)c1ccc(NC(=O)C2CC2)nn1. The number of amides is 2. The van der Waals surface area contributed by atoms with Crippen LogP contribution in [-0.4, -0.2) is 29.1 Å². The van der Waals surface area contributed by atoms with E-state index >= 15 is 0 Å². The van der Waals surface area contributed by atoms with E-state index in [0.29, 0.717) is 5.82 Å². The molecule has 0 spiro atoms. The zero-order chi connectivity index (χ0) is 11.5. The van der Waals surface area contributed by atoms with E-state index in [1.807, 2.05) is 0 Å². The van der Waals surface area contributed by atoms with Gasteiger partial charge in [0.15, 0.2) is 11.5 Å². The van der Waals surface area contributed by atoms with Gasteiger partial charge in [0.25, 0.3) is 5.91 Å². The maximum Gasteiger partial charge on any atom is 0.271 e. The van der Waals surface area contributed by atoms with E-state index in [9.17, 15) is 9.59 Å². The first kappa shape index (κ1) is 10.5. The van der Waals surface area contributed by atoms with Gasteiger partial charge < -0.3 is 10.6 Å². The molecule has 2 rings (SSSR count). The van der Waals surface area contributed by atoms with E-state index in [4.69, 9.17) is 0 Å². The number of hydrogen-bond acceptors (Lipinski definition) is 4. The molecule has 0 aliphatic heterocycles. The highest BCUT2D eigenvalue weighted by atomic mass is 16.2. The van der Waals surface area contributed by atoms with Crippen molar-refractivity contribution >= 4 is 17.6 Å². The van der Waals surface area contributed by atoms with E-state index in [1.54, 1.807) is 6.07 Å². The lowest BCUT2D eigenvalue weighted by Gasteiger charge is -2.02. The molecule has 2 N–H and O–H groups in total. The number of anilines is 1. The minimum absolute atomic E-state index is 0.0259. The maximum atomic E-state index is 11.4. The second-order valence-corrected chi connectivity index (χ2v) is 3.65. The summed E-state index contributed by atoms with van der Waals surface area (Å²) in [5.74, 6) is 0.180. The van der Waals surface area contributed by atoms with Crippen LogP contribution in [0.25, 0.3) is 0 Å². The summed E-state index contributed by atoms with van der Waals surface area (Å²) >= 11 is 0. The molecule has 1 aromatic rings. The molecular weight excluding hydrogens is 208 g/mol. The lowest BCUT2D eigenvalue weighted by atomic mass is 10.3. The van der Waals surface area contributed by atoms with Gasteiger partial charge in [-0.05, 0) is 25.0 Å². The van der Waals surface area contributed by atoms with Crippen LogP contribution in [0.2, 0.25) is 0 Å². The van der Waals surface area contributed by atoms with Gasteiger partial charge in [-0.25, -0.2) is 0 Å². The monoisotopic (exact) mass is 220 g/mol. The van der Waals surface area contributed by atoms with Crippen LogP contribution in [-0.2, 0) is 4.79 Å². The largest absolute Gasteiger partial charge is 0.354 e. The molecule has 2 amide bonds. The Kier molecular flexibility index (Phi) is 2.80. The number of rotatable bonds is 3. The van der Waals surface area contributed by atoms with Gasteiger partial charge in [0, 0.05) is 13.0 Å². The number of nitrogens with one attached hydrogen (secondary N) is 2. The predicted octanol–water partition coefficient (Wildman–Crippen LogP) is 0.185. The fourth-order valence-electron chi connectivity index (χ4n) is 1.22. The number of nitrogens with zero attached hydrogens (tertiary/aromatic N) is 2. The Balaban J connectivity index is 2.01. The van der Waals surface area contributed by atoms with E-state index < -0.39 is 0 Å². The average molecular weight is 220 g/mol. The Bertz CT molecular complexity index is 411. The van der Waals surface area contributed by atoms with Gasteiger partial charge in [0.2, 0.25) is 5.91 Å². The zero-order valence-electron chi connectivity index (χ0n) is 8.86. The highest BCUT2D eigenvalue weighted by Gasteiger charge is 2.29. The lowest BCUT2D eigenvalue weighted by Crippen LogP contribution is -2.20. The van der Waals surface area contributed by atoms with Gasteiger partial charge in [-0.15, -0.1) is 10.2 Å². The molecule has 1 saturated carbocycles. The zero-order valence-corrected chi connectivity index (χ0v) is 8.86. The number of hydrogen-bond donors (Lipinski definition) is 2. The Labute approximate surface area is 92.4 Å². The minimum Gasteiger partial charge on any atom is -0.354 e. The molecule has 0 bridgehead atoms. The van der Waals surface area contributed by atoms with Crippen molar-refractivity contribution in [2.75, 3.05) is 12.4 Å². The molecular formula is C10H12N4O2. The van der Waals surface area contributed by atoms with Crippen LogP contribution in [0.5, 0.6) is 0 Å². The van der Waals surface area contributed by atoms with Crippen molar-refractivity contribution in [1.82, 2.24) is 15.5 Å². The minimum atomic E-state index is -0.299. The summed E-state index contributed by atoms with van der Waals surface area (Å²) in [4.78, 5) is 22.6. The van der Waals surface area contributed by atoms with E-state index in [2.05, 4.69) is 20.8 Å². The maximum absolute atomic E-state index is 11.4. The Morgan fingerprint density at radius 1 is 1.31 bits per heavy atom. The molecule has 0 unspecified atom stereocenters. The first-order chi connectivity index (χ1) is 7.70. The molecule has 0 saturated heterocycles. The second-order valence-electron chi connectivity index (χ2n) is 3.65. The van der Waals surface area contributed by atoms with Crippen LogP contribution in [0.3, 0.4) is 0 Å². The molecule has 0 atom stereocenters. The standard InChI is InChI=1S/C10H12N4O2/c1-11-10(16)7-4-5-8(14-13-7)12-9(15)6-2-3-6/h4-6H,2-3H2,1H3,(H,11,16)(H,12,14,15). The van der Waals surface area contributed by atoms with Gasteiger partial charge in [-0.2, -0.15) is 0 Å². The molecule has 1 aliphatic rings. The van der Waals surface area contributed by atoms with E-state index in [0.717, 1.165) is 12.8 Å². The van der Waals surface area contributed by atoms with Crippen molar-refractivity contribution in [3.63, 3.8) is 0 Å². The summed E-state index contributed by atoms with van der Waals surface area (Å²) in [5, 5.41) is 12.5. The molecule has 1 aromatic heterocycles. The highest BCUT2D eigenvalue weighted by molar-refractivity contribution is 5.94. The van der Waals surface area contributed by atoms with E-state index in [1.165, 1.54) is 13.1 Å². The molecule has 1 heterocycles. The van der Waals surface area contributed by atoms with Gasteiger partial charge in [0.1, 0.15) is 0 Å². The second kappa shape index (κ2) is 4.26. The number of aromatic nitrogens is 2. The molecule has 0 radical (unpaired) electrons. The summed E-state index contributed by atoms with van der Waals surface area (Å²) < 4.78 is 0. The van der Waals surface area contributed by atoms with Crippen molar-refractivity contribution in [1.29, 1.82) is 0 Å². The molecule has 6 heteroatoms. The van der Waals surface area contributed by atoms with Crippen molar-refractivity contribution in [3.05, 3.63) is 17.8 Å². The fraction of sp³-hybridized carbons (Fsp3) is 0.400. The molecule has 0 aromatic carbocycles. The summed E-state index contributed by atoms with van der Waals surface area (Å²) in [6.45, 7) is 0. The lowest BCUT2D eigenvalue weighted by molar-refractivity contribution is -0.117. The third kappa shape index (κ3) is 2.33. The Hall–Kier alpha value is -1.98. The first-order valence-corrected chi connectivity index (χ1v) is 5.07. The number of carbonyl (C=O) groups is 2. The van der Waals surface area contributed by atoms with Gasteiger partial charge in [-0.3, -0.25) is 9.59 Å². The number of carbonyl (C=O) groups excluding carboxylic acids is 2. The average Bonchev–Trinajstić information content (AvgIpc) is 3.13. The summed E-state index contributed by atoms with van der Waals surface area (Å²) in [7, 11) is 1.52.